The maximum absolute atomic E-state index is 11.7. The van der Waals surface area contributed by atoms with Gasteiger partial charge in [0.15, 0.2) is 0 Å². The Hall–Kier alpha value is -1.30. The van der Waals surface area contributed by atoms with Crippen molar-refractivity contribution in [2.24, 2.45) is 0 Å². The molecule has 6 heteroatoms. The Kier molecular flexibility index (Phi) is 4.63. The summed E-state index contributed by atoms with van der Waals surface area (Å²) in [5.41, 5.74) is 0.561. The molecule has 1 heterocycles. The molecule has 0 aromatic heterocycles. The second-order valence-corrected chi connectivity index (χ2v) is 5.01. The number of anilines is 1. The summed E-state index contributed by atoms with van der Waals surface area (Å²) < 4.78 is 5.23. The van der Waals surface area contributed by atoms with Crippen molar-refractivity contribution in [1.29, 1.82) is 0 Å². The average molecular weight is 284 g/mol. The Labute approximate surface area is 118 Å². The number of carbonyl (C=O) groups excluding carboxylic acids is 1. The van der Waals surface area contributed by atoms with Gasteiger partial charge in [-0.15, -0.1) is 0 Å². The largest absolute Gasteiger partial charge is 0.448 e. The summed E-state index contributed by atoms with van der Waals surface area (Å²) in [6.45, 7) is 1.35. The number of rotatable bonds is 3. The number of hydrogen-bond acceptors (Lipinski definition) is 4. The van der Waals surface area contributed by atoms with Crippen molar-refractivity contribution in [1.82, 2.24) is 10.0 Å². The van der Waals surface area contributed by atoms with Gasteiger partial charge in [0.05, 0.1) is 16.8 Å². The van der Waals surface area contributed by atoms with Crippen LogP contribution >= 0.6 is 11.6 Å². The van der Waals surface area contributed by atoms with Crippen LogP contribution in [0.25, 0.3) is 0 Å². The second kappa shape index (κ2) is 6.23. The first-order valence-electron chi connectivity index (χ1n) is 6.20. The number of likely N-dealkylation sites (N-methyl/N-ethyl adjacent to an activating group) is 1. The molecule has 1 N–H and O–H groups in total. The van der Waals surface area contributed by atoms with Gasteiger partial charge in [-0.05, 0) is 18.6 Å². The summed E-state index contributed by atoms with van der Waals surface area (Å²) in [5, 5.41) is 7.33. The van der Waals surface area contributed by atoms with E-state index < -0.39 is 6.09 Å². The van der Waals surface area contributed by atoms with E-state index in [1.54, 1.807) is 18.2 Å². The van der Waals surface area contributed by atoms with E-state index in [0.29, 0.717) is 17.3 Å². The zero-order valence-electron chi connectivity index (χ0n) is 11.1. The number of hydrazine groups is 1. The average Bonchev–Trinajstić information content (AvgIpc) is 2.70. The fourth-order valence-corrected chi connectivity index (χ4v) is 2.21. The predicted molar refractivity (Wildman–Crippen MR) is 75.2 cm³/mol. The van der Waals surface area contributed by atoms with E-state index in [2.05, 4.69) is 15.3 Å². The van der Waals surface area contributed by atoms with Gasteiger partial charge in [0.1, 0.15) is 6.61 Å². The van der Waals surface area contributed by atoms with E-state index in [-0.39, 0.29) is 6.04 Å². The van der Waals surface area contributed by atoms with Crippen molar-refractivity contribution in [2.75, 3.05) is 32.6 Å². The van der Waals surface area contributed by atoms with Gasteiger partial charge < -0.3 is 4.74 Å². The van der Waals surface area contributed by atoms with Crippen LogP contribution in [0.15, 0.2) is 24.3 Å². The Morgan fingerprint density at radius 1 is 1.47 bits per heavy atom. The minimum atomic E-state index is -0.476. The molecule has 1 unspecified atom stereocenters. The fourth-order valence-electron chi connectivity index (χ4n) is 2.03. The number of hydrogen-bond donors (Lipinski definition) is 1. The number of para-hydroxylation sites is 1. The normalized spacial score (nSPS) is 20.5. The van der Waals surface area contributed by atoms with Gasteiger partial charge in [-0.25, -0.2) is 14.8 Å². The maximum atomic E-state index is 11.7. The molecule has 2 rings (SSSR count). The number of nitrogens with one attached hydrogen (secondary N) is 1. The van der Waals surface area contributed by atoms with Crippen molar-refractivity contribution in [3.63, 3.8) is 0 Å². The summed E-state index contributed by atoms with van der Waals surface area (Å²) in [7, 11) is 4.01. The van der Waals surface area contributed by atoms with Gasteiger partial charge in [-0.2, -0.15) is 0 Å². The standard InChI is InChI=1S/C13H18ClN3O2/c1-16-8-7-10(17(16)2)9-19-13(18)15-12-6-4-3-5-11(12)14/h3-6,10H,7-9H2,1-2H3,(H,15,18). The molecule has 1 amide bonds. The lowest BCUT2D eigenvalue weighted by atomic mass is 10.2. The quantitative estimate of drug-likeness (QED) is 0.925. The SMILES string of the molecule is CN1CCC(COC(=O)Nc2ccccc2Cl)N1C. The zero-order chi connectivity index (χ0) is 13.8. The Bertz CT molecular complexity index is 455. The molecule has 1 aliphatic rings. The van der Waals surface area contributed by atoms with E-state index in [1.165, 1.54) is 0 Å². The number of ether oxygens (including phenoxy) is 1. The highest BCUT2D eigenvalue weighted by Crippen LogP contribution is 2.20. The molecule has 1 aromatic carbocycles. The third kappa shape index (κ3) is 3.59. The lowest BCUT2D eigenvalue weighted by Crippen LogP contribution is -2.38. The van der Waals surface area contributed by atoms with E-state index >= 15 is 0 Å². The molecule has 1 aromatic rings. The molecule has 104 valence electrons. The third-order valence-electron chi connectivity index (χ3n) is 3.37. The number of benzene rings is 1. The van der Waals surface area contributed by atoms with Crippen LogP contribution in [-0.4, -0.2) is 49.4 Å². The highest BCUT2D eigenvalue weighted by atomic mass is 35.5. The maximum Gasteiger partial charge on any atom is 0.411 e. The van der Waals surface area contributed by atoms with E-state index in [0.717, 1.165) is 13.0 Å². The number of halogens is 1. The number of nitrogens with zero attached hydrogens (tertiary/aromatic N) is 2. The summed E-state index contributed by atoms with van der Waals surface area (Å²) in [5.74, 6) is 0. The summed E-state index contributed by atoms with van der Waals surface area (Å²) >= 11 is 5.95. The van der Waals surface area contributed by atoms with Crippen LogP contribution in [0.1, 0.15) is 6.42 Å². The minimum absolute atomic E-state index is 0.238. The van der Waals surface area contributed by atoms with Crippen molar-refractivity contribution in [2.45, 2.75) is 12.5 Å². The summed E-state index contributed by atoms with van der Waals surface area (Å²) in [6.07, 6.45) is 0.517. The van der Waals surface area contributed by atoms with Crippen molar-refractivity contribution < 1.29 is 9.53 Å². The molecule has 1 fully saturated rings. The number of carbonyl (C=O) groups is 1. The molecular weight excluding hydrogens is 266 g/mol. The predicted octanol–water partition coefficient (Wildman–Crippen LogP) is 2.44. The monoisotopic (exact) mass is 283 g/mol. The van der Waals surface area contributed by atoms with Gasteiger partial charge in [0, 0.05) is 20.6 Å². The fraction of sp³-hybridized carbons (Fsp3) is 0.462. The van der Waals surface area contributed by atoms with Crippen LogP contribution < -0.4 is 5.32 Å². The highest BCUT2D eigenvalue weighted by molar-refractivity contribution is 6.33. The van der Waals surface area contributed by atoms with Gasteiger partial charge in [-0.1, -0.05) is 23.7 Å². The Morgan fingerprint density at radius 3 is 2.84 bits per heavy atom. The van der Waals surface area contributed by atoms with Crippen LogP contribution in [0.3, 0.4) is 0 Å². The first-order valence-corrected chi connectivity index (χ1v) is 6.58. The molecule has 1 aliphatic heterocycles. The lowest BCUT2D eigenvalue weighted by molar-refractivity contribution is 0.0266. The molecule has 0 saturated carbocycles. The van der Waals surface area contributed by atoms with Crippen LogP contribution in [0.2, 0.25) is 5.02 Å². The van der Waals surface area contributed by atoms with Crippen LogP contribution in [0, 0.1) is 0 Å². The van der Waals surface area contributed by atoms with Gasteiger partial charge in [0.2, 0.25) is 0 Å². The molecule has 0 spiro atoms. The number of amides is 1. The first kappa shape index (κ1) is 14.1. The molecule has 1 atom stereocenters. The van der Waals surface area contributed by atoms with Crippen LogP contribution in [-0.2, 0) is 4.74 Å². The molecule has 5 nitrogen and oxygen atoms in total. The van der Waals surface area contributed by atoms with Gasteiger partial charge in [0.25, 0.3) is 0 Å². The van der Waals surface area contributed by atoms with Gasteiger partial charge in [-0.3, -0.25) is 5.32 Å². The minimum Gasteiger partial charge on any atom is -0.448 e. The van der Waals surface area contributed by atoms with Crippen molar-refractivity contribution in [3.05, 3.63) is 29.3 Å². The van der Waals surface area contributed by atoms with E-state index in [1.807, 2.05) is 20.2 Å². The van der Waals surface area contributed by atoms with E-state index in [4.69, 9.17) is 16.3 Å². The molecule has 19 heavy (non-hydrogen) atoms. The molecule has 0 aliphatic carbocycles. The first-order chi connectivity index (χ1) is 9.08. The summed E-state index contributed by atoms with van der Waals surface area (Å²) in [4.78, 5) is 11.7. The molecule has 1 saturated heterocycles. The van der Waals surface area contributed by atoms with Crippen LogP contribution in [0.5, 0.6) is 0 Å². The molecule has 0 bridgehead atoms. The molecule has 0 radical (unpaired) electrons. The molecular formula is C13H18ClN3O2. The van der Waals surface area contributed by atoms with Crippen molar-refractivity contribution >= 4 is 23.4 Å². The lowest BCUT2D eigenvalue weighted by Gasteiger charge is -2.24. The van der Waals surface area contributed by atoms with E-state index in [9.17, 15) is 4.79 Å². The summed E-state index contributed by atoms with van der Waals surface area (Å²) in [6, 6.07) is 7.31. The van der Waals surface area contributed by atoms with Crippen molar-refractivity contribution in [3.8, 4) is 0 Å². The highest BCUT2D eigenvalue weighted by Gasteiger charge is 2.26. The smallest absolute Gasteiger partial charge is 0.411 e. The Balaban J connectivity index is 1.81. The Morgan fingerprint density at radius 2 is 2.21 bits per heavy atom. The second-order valence-electron chi connectivity index (χ2n) is 4.60. The third-order valence-corrected chi connectivity index (χ3v) is 3.70. The van der Waals surface area contributed by atoms with Gasteiger partial charge >= 0.3 is 6.09 Å². The topological polar surface area (TPSA) is 44.8 Å². The van der Waals surface area contributed by atoms with Crippen LogP contribution in [0.4, 0.5) is 10.5 Å². The zero-order valence-corrected chi connectivity index (χ0v) is 11.9.